The van der Waals surface area contributed by atoms with Gasteiger partial charge in [0.05, 0.1) is 6.10 Å². The van der Waals surface area contributed by atoms with Crippen molar-refractivity contribution in [2.45, 2.75) is 45.8 Å². The molecule has 1 aromatic rings. The Morgan fingerprint density at radius 3 is 2.41 bits per heavy atom. The maximum absolute atomic E-state index is 11.9. The molecule has 0 bridgehead atoms. The fraction of sp³-hybridized carbons (Fsp3) is 0.529. The van der Waals surface area contributed by atoms with Crippen LogP contribution in [-0.2, 0) is 4.79 Å². The molecule has 3 atom stereocenters. The quantitative estimate of drug-likeness (QED) is 0.684. The first-order chi connectivity index (χ1) is 10.4. The van der Waals surface area contributed by atoms with Gasteiger partial charge in [-0.25, -0.2) is 0 Å². The molecule has 0 saturated carbocycles. The molecule has 3 N–H and O–H groups in total. The number of aliphatic hydroxyl groups excluding tert-OH is 1. The number of aliphatic hydroxyl groups is 1. The summed E-state index contributed by atoms with van der Waals surface area (Å²) in [5.41, 5.74) is 0.571. The van der Waals surface area contributed by atoms with E-state index in [-0.39, 0.29) is 36.7 Å². The zero-order chi connectivity index (χ0) is 16.5. The van der Waals surface area contributed by atoms with Gasteiger partial charge in [-0.2, -0.15) is 0 Å². The SMILES string of the molecule is CCC(C)C(O)CNC(=O)CC(C)NC(=O)c1ccccc1. The van der Waals surface area contributed by atoms with Crippen LogP contribution >= 0.6 is 0 Å². The second-order valence-corrected chi connectivity index (χ2v) is 5.70. The van der Waals surface area contributed by atoms with E-state index in [4.69, 9.17) is 0 Å². The lowest BCUT2D eigenvalue weighted by Crippen LogP contribution is -2.40. The van der Waals surface area contributed by atoms with E-state index < -0.39 is 6.10 Å². The lowest BCUT2D eigenvalue weighted by molar-refractivity contribution is -0.122. The first-order valence-corrected chi connectivity index (χ1v) is 7.74. The third-order valence-corrected chi connectivity index (χ3v) is 3.71. The smallest absolute Gasteiger partial charge is 0.251 e. The van der Waals surface area contributed by atoms with E-state index in [1.54, 1.807) is 31.2 Å². The van der Waals surface area contributed by atoms with Crippen LogP contribution in [0.25, 0.3) is 0 Å². The molecule has 0 aliphatic carbocycles. The molecule has 0 aromatic heterocycles. The Balaban J connectivity index is 2.34. The van der Waals surface area contributed by atoms with Crippen molar-refractivity contribution in [2.24, 2.45) is 5.92 Å². The largest absolute Gasteiger partial charge is 0.391 e. The summed E-state index contributed by atoms with van der Waals surface area (Å²) >= 11 is 0. The van der Waals surface area contributed by atoms with Crippen LogP contribution in [0, 0.1) is 5.92 Å². The molecule has 0 radical (unpaired) electrons. The highest BCUT2D eigenvalue weighted by atomic mass is 16.3. The molecule has 1 aromatic carbocycles. The molecule has 122 valence electrons. The molecule has 0 spiro atoms. The van der Waals surface area contributed by atoms with Gasteiger partial charge >= 0.3 is 0 Å². The monoisotopic (exact) mass is 306 g/mol. The number of amides is 2. The fourth-order valence-electron chi connectivity index (χ4n) is 1.99. The summed E-state index contributed by atoms with van der Waals surface area (Å²) in [5.74, 6) is -0.223. The van der Waals surface area contributed by atoms with E-state index in [0.29, 0.717) is 5.56 Å². The van der Waals surface area contributed by atoms with Crippen molar-refractivity contribution >= 4 is 11.8 Å². The van der Waals surface area contributed by atoms with Crippen LogP contribution in [0.5, 0.6) is 0 Å². The van der Waals surface area contributed by atoms with Gasteiger partial charge in [0.1, 0.15) is 0 Å². The van der Waals surface area contributed by atoms with Gasteiger partial charge in [0.25, 0.3) is 5.91 Å². The van der Waals surface area contributed by atoms with Gasteiger partial charge in [0.15, 0.2) is 0 Å². The van der Waals surface area contributed by atoms with Crippen LogP contribution in [0.1, 0.15) is 44.0 Å². The molecule has 5 nitrogen and oxygen atoms in total. The highest BCUT2D eigenvalue weighted by molar-refractivity contribution is 5.94. The van der Waals surface area contributed by atoms with Gasteiger partial charge in [0, 0.05) is 24.6 Å². The summed E-state index contributed by atoms with van der Waals surface area (Å²) in [7, 11) is 0. The Morgan fingerprint density at radius 2 is 1.82 bits per heavy atom. The third kappa shape index (κ3) is 6.26. The van der Waals surface area contributed by atoms with Crippen LogP contribution in [-0.4, -0.2) is 35.6 Å². The van der Waals surface area contributed by atoms with Crippen molar-refractivity contribution in [1.29, 1.82) is 0 Å². The van der Waals surface area contributed by atoms with Crippen molar-refractivity contribution in [3.8, 4) is 0 Å². The molecule has 1 rings (SSSR count). The average Bonchev–Trinajstić information content (AvgIpc) is 2.52. The first-order valence-electron chi connectivity index (χ1n) is 7.74. The van der Waals surface area contributed by atoms with Crippen LogP contribution in [0.3, 0.4) is 0 Å². The predicted molar refractivity (Wildman–Crippen MR) is 86.5 cm³/mol. The molecule has 0 saturated heterocycles. The molecular weight excluding hydrogens is 280 g/mol. The van der Waals surface area contributed by atoms with Crippen LogP contribution in [0.4, 0.5) is 0 Å². The van der Waals surface area contributed by atoms with Gasteiger partial charge in [-0.3, -0.25) is 9.59 Å². The summed E-state index contributed by atoms with van der Waals surface area (Å²) in [6.45, 7) is 5.97. The van der Waals surface area contributed by atoms with Crippen LogP contribution in [0.2, 0.25) is 0 Å². The summed E-state index contributed by atoms with van der Waals surface area (Å²) in [6, 6.07) is 8.62. The van der Waals surface area contributed by atoms with E-state index in [2.05, 4.69) is 10.6 Å². The number of rotatable bonds is 8. The summed E-state index contributed by atoms with van der Waals surface area (Å²) in [4.78, 5) is 23.8. The molecular formula is C17H26N2O3. The molecule has 0 aliphatic heterocycles. The Morgan fingerprint density at radius 1 is 1.18 bits per heavy atom. The molecule has 0 aliphatic rings. The highest BCUT2D eigenvalue weighted by Crippen LogP contribution is 2.06. The highest BCUT2D eigenvalue weighted by Gasteiger charge is 2.16. The van der Waals surface area contributed by atoms with Gasteiger partial charge in [-0.15, -0.1) is 0 Å². The maximum Gasteiger partial charge on any atom is 0.251 e. The van der Waals surface area contributed by atoms with E-state index >= 15 is 0 Å². The first kappa shape index (κ1) is 18.2. The normalized spacial score (nSPS) is 14.7. The number of nitrogens with one attached hydrogen (secondary N) is 2. The van der Waals surface area contributed by atoms with Crippen molar-refractivity contribution in [3.63, 3.8) is 0 Å². The number of hydrogen-bond donors (Lipinski definition) is 3. The predicted octanol–water partition coefficient (Wildman–Crippen LogP) is 1.72. The summed E-state index contributed by atoms with van der Waals surface area (Å²) in [6.07, 6.45) is 0.509. The molecule has 0 heterocycles. The molecule has 2 amide bonds. The topological polar surface area (TPSA) is 78.4 Å². The van der Waals surface area contributed by atoms with Gasteiger partial charge in [-0.1, -0.05) is 38.5 Å². The molecule has 0 fully saturated rings. The van der Waals surface area contributed by atoms with E-state index in [1.807, 2.05) is 19.9 Å². The Bertz CT molecular complexity index is 476. The summed E-state index contributed by atoms with van der Waals surface area (Å²) in [5, 5.41) is 15.3. The molecule has 22 heavy (non-hydrogen) atoms. The average molecular weight is 306 g/mol. The zero-order valence-corrected chi connectivity index (χ0v) is 13.5. The third-order valence-electron chi connectivity index (χ3n) is 3.71. The summed E-state index contributed by atoms with van der Waals surface area (Å²) < 4.78 is 0. The lowest BCUT2D eigenvalue weighted by atomic mass is 10.0. The number of carbonyl (C=O) groups excluding carboxylic acids is 2. The Labute approximate surface area is 132 Å². The van der Waals surface area contributed by atoms with Crippen LogP contribution in [0.15, 0.2) is 30.3 Å². The maximum atomic E-state index is 11.9. The number of hydrogen-bond acceptors (Lipinski definition) is 3. The van der Waals surface area contributed by atoms with Crippen molar-refractivity contribution in [2.75, 3.05) is 6.54 Å². The van der Waals surface area contributed by atoms with E-state index in [9.17, 15) is 14.7 Å². The van der Waals surface area contributed by atoms with E-state index in [1.165, 1.54) is 0 Å². The number of benzene rings is 1. The van der Waals surface area contributed by atoms with Crippen molar-refractivity contribution in [3.05, 3.63) is 35.9 Å². The van der Waals surface area contributed by atoms with Gasteiger partial charge in [0.2, 0.25) is 5.91 Å². The van der Waals surface area contributed by atoms with Gasteiger partial charge < -0.3 is 15.7 Å². The zero-order valence-electron chi connectivity index (χ0n) is 13.5. The minimum atomic E-state index is -0.539. The lowest BCUT2D eigenvalue weighted by Gasteiger charge is -2.19. The van der Waals surface area contributed by atoms with Crippen LogP contribution < -0.4 is 10.6 Å². The standard InChI is InChI=1S/C17H26N2O3/c1-4-12(2)15(20)11-18-16(21)10-13(3)19-17(22)14-8-6-5-7-9-14/h5-9,12-13,15,20H,4,10-11H2,1-3H3,(H,18,21)(H,19,22). The molecule has 3 unspecified atom stereocenters. The van der Waals surface area contributed by atoms with Gasteiger partial charge in [-0.05, 0) is 25.0 Å². The van der Waals surface area contributed by atoms with Crippen molar-refractivity contribution in [1.82, 2.24) is 10.6 Å². The second-order valence-electron chi connectivity index (χ2n) is 5.70. The van der Waals surface area contributed by atoms with E-state index in [0.717, 1.165) is 6.42 Å². The fourth-order valence-corrected chi connectivity index (χ4v) is 1.99. The van der Waals surface area contributed by atoms with Crippen molar-refractivity contribution < 1.29 is 14.7 Å². The number of carbonyl (C=O) groups is 2. The second kappa shape index (κ2) is 9.20. The minimum absolute atomic E-state index is 0.149. The Kier molecular flexibility index (Phi) is 7.60. The molecule has 5 heteroatoms. The Hall–Kier alpha value is -1.88. The minimum Gasteiger partial charge on any atom is -0.391 e.